The number of rotatable bonds is 4. The molecule has 6 nitrogen and oxygen atoms in total. The quantitative estimate of drug-likeness (QED) is 0.581. The van der Waals surface area contributed by atoms with E-state index in [4.69, 9.17) is 11.6 Å². The minimum Gasteiger partial charge on any atom is -0.271 e. The minimum absolute atomic E-state index is 0.246. The molecule has 0 aliphatic heterocycles. The Morgan fingerprint density at radius 2 is 2.13 bits per heavy atom. The van der Waals surface area contributed by atoms with Crippen LogP contribution in [0.5, 0.6) is 0 Å². The third-order valence-corrected chi connectivity index (χ3v) is 4.16. The molecule has 0 aliphatic rings. The molecule has 120 valence electrons. The molecule has 0 aliphatic carbocycles. The molecule has 0 bridgehead atoms. The Kier molecular flexibility index (Phi) is 4.41. The molecule has 3 aromatic heterocycles. The summed E-state index contributed by atoms with van der Waals surface area (Å²) in [6.07, 6.45) is 3.33. The molecule has 0 N–H and O–H groups in total. The van der Waals surface area contributed by atoms with E-state index in [0.717, 1.165) is 17.7 Å². The summed E-state index contributed by atoms with van der Waals surface area (Å²) in [6, 6.07) is 3.81. The molecule has 0 radical (unpaired) electrons. The van der Waals surface area contributed by atoms with Gasteiger partial charge in [0.15, 0.2) is 10.8 Å². The van der Waals surface area contributed by atoms with E-state index < -0.39 is 0 Å². The van der Waals surface area contributed by atoms with Gasteiger partial charge in [-0.15, -0.1) is 0 Å². The van der Waals surface area contributed by atoms with E-state index in [2.05, 4.69) is 27.8 Å². The maximum absolute atomic E-state index is 12.5. The number of thiol groups is 1. The van der Waals surface area contributed by atoms with Crippen LogP contribution in [0.2, 0.25) is 5.15 Å². The van der Waals surface area contributed by atoms with Gasteiger partial charge in [0.2, 0.25) is 0 Å². The lowest BCUT2D eigenvalue weighted by molar-refractivity contribution is 0.761. The highest BCUT2D eigenvalue weighted by Crippen LogP contribution is 2.21. The molecule has 3 rings (SSSR count). The third kappa shape index (κ3) is 2.98. The third-order valence-electron chi connectivity index (χ3n) is 3.52. The van der Waals surface area contributed by atoms with Gasteiger partial charge in [-0.1, -0.05) is 31.3 Å². The predicted molar refractivity (Wildman–Crippen MR) is 93.3 cm³/mol. The van der Waals surface area contributed by atoms with Crippen molar-refractivity contribution in [1.29, 1.82) is 0 Å². The maximum Gasteiger partial charge on any atom is 0.340 e. The zero-order valence-corrected chi connectivity index (χ0v) is 14.5. The molecule has 0 atom stereocenters. The Balaban J connectivity index is 2.19. The lowest BCUT2D eigenvalue weighted by atomic mass is 10.2. The number of hydrogen-bond acceptors (Lipinski definition) is 5. The van der Waals surface area contributed by atoms with Crippen LogP contribution >= 0.6 is 24.4 Å². The summed E-state index contributed by atoms with van der Waals surface area (Å²) in [7, 11) is 0. The molecule has 0 amide bonds. The van der Waals surface area contributed by atoms with Crippen molar-refractivity contribution in [2.45, 2.75) is 33.2 Å². The first kappa shape index (κ1) is 16.0. The van der Waals surface area contributed by atoms with Gasteiger partial charge >= 0.3 is 5.69 Å². The number of halogens is 1. The van der Waals surface area contributed by atoms with Crippen LogP contribution in [0.15, 0.2) is 23.1 Å². The molecular weight excluding hydrogens is 334 g/mol. The van der Waals surface area contributed by atoms with Crippen LogP contribution in [0.1, 0.15) is 30.4 Å². The Morgan fingerprint density at radius 1 is 1.35 bits per heavy atom. The van der Waals surface area contributed by atoms with E-state index in [9.17, 15) is 4.79 Å². The monoisotopic (exact) mass is 349 g/mol. The summed E-state index contributed by atoms with van der Waals surface area (Å²) in [4.78, 5) is 25.4. The van der Waals surface area contributed by atoms with Crippen molar-refractivity contribution in [3.8, 4) is 0 Å². The highest BCUT2D eigenvalue weighted by molar-refractivity contribution is 7.78. The fraction of sp³-hybridized carbons (Fsp3) is 0.333. The minimum atomic E-state index is -0.289. The molecule has 0 fully saturated rings. The van der Waals surface area contributed by atoms with Crippen molar-refractivity contribution in [2.24, 2.45) is 0 Å². The van der Waals surface area contributed by atoms with E-state index in [-0.39, 0.29) is 10.8 Å². The standard InChI is InChI=1S/C15H16ClN5OS/c1-3-4-11-18-13(16)12-14(19-11)20(15(22)21(12)23)8-10-5-6-17-9(2)7-10/h5-7,23H,3-4,8H2,1-2H3. The first-order chi connectivity index (χ1) is 11.0. The zero-order valence-electron chi connectivity index (χ0n) is 12.8. The molecule has 0 aromatic carbocycles. The van der Waals surface area contributed by atoms with Gasteiger partial charge in [-0.2, -0.15) is 0 Å². The highest BCUT2D eigenvalue weighted by Gasteiger charge is 2.18. The van der Waals surface area contributed by atoms with E-state index in [1.165, 1.54) is 3.97 Å². The van der Waals surface area contributed by atoms with E-state index in [1.807, 2.05) is 26.0 Å². The molecule has 0 saturated carbocycles. The molecule has 0 spiro atoms. The van der Waals surface area contributed by atoms with Crippen molar-refractivity contribution >= 4 is 35.6 Å². The average molecular weight is 350 g/mol. The lowest BCUT2D eigenvalue weighted by Crippen LogP contribution is -2.21. The van der Waals surface area contributed by atoms with Crippen LogP contribution in [0.25, 0.3) is 11.2 Å². The van der Waals surface area contributed by atoms with Gasteiger partial charge in [-0.25, -0.2) is 18.7 Å². The van der Waals surface area contributed by atoms with Crippen LogP contribution in [-0.4, -0.2) is 23.5 Å². The van der Waals surface area contributed by atoms with Crippen LogP contribution in [0.4, 0.5) is 0 Å². The second-order valence-corrected chi connectivity index (χ2v) is 6.10. The number of imidazole rings is 1. The summed E-state index contributed by atoms with van der Waals surface area (Å²) in [5.74, 6) is 0.628. The van der Waals surface area contributed by atoms with Crippen molar-refractivity contribution in [2.75, 3.05) is 0 Å². The second-order valence-electron chi connectivity index (χ2n) is 5.34. The molecule has 3 aromatic rings. The zero-order chi connectivity index (χ0) is 16.6. The van der Waals surface area contributed by atoms with Crippen LogP contribution in [-0.2, 0) is 13.0 Å². The van der Waals surface area contributed by atoms with Crippen LogP contribution in [0, 0.1) is 6.92 Å². The van der Waals surface area contributed by atoms with E-state index in [1.54, 1.807) is 10.8 Å². The Hall–Kier alpha value is -1.86. The number of aryl methyl sites for hydroxylation is 2. The fourth-order valence-corrected chi connectivity index (χ4v) is 3.11. The predicted octanol–water partition coefficient (Wildman–Crippen LogP) is 2.64. The molecule has 8 heteroatoms. The number of nitrogens with zero attached hydrogens (tertiary/aromatic N) is 5. The lowest BCUT2D eigenvalue weighted by Gasteiger charge is -2.05. The van der Waals surface area contributed by atoms with Gasteiger partial charge in [0.1, 0.15) is 11.3 Å². The number of aromatic nitrogens is 5. The van der Waals surface area contributed by atoms with Gasteiger partial charge in [-0.05, 0) is 31.0 Å². The molecular formula is C15H16ClN5OS. The summed E-state index contributed by atoms with van der Waals surface area (Å²) in [5.41, 5.74) is 2.51. The fourth-order valence-electron chi connectivity index (χ4n) is 2.49. The largest absolute Gasteiger partial charge is 0.340 e. The Labute approximate surface area is 143 Å². The average Bonchev–Trinajstić information content (AvgIpc) is 2.73. The normalized spacial score (nSPS) is 11.3. The van der Waals surface area contributed by atoms with Crippen molar-refractivity contribution in [3.63, 3.8) is 0 Å². The summed E-state index contributed by atoms with van der Waals surface area (Å²) in [5, 5.41) is 0.246. The van der Waals surface area contributed by atoms with Gasteiger partial charge in [-0.3, -0.25) is 9.55 Å². The SMILES string of the molecule is CCCc1nc(Cl)c2c(n1)n(Cc1ccnc(C)c1)c(=O)n2S. The van der Waals surface area contributed by atoms with Gasteiger partial charge in [0.25, 0.3) is 0 Å². The second kappa shape index (κ2) is 6.33. The molecule has 0 unspecified atom stereocenters. The van der Waals surface area contributed by atoms with Gasteiger partial charge < -0.3 is 0 Å². The van der Waals surface area contributed by atoms with Crippen molar-refractivity contribution in [1.82, 2.24) is 23.5 Å². The van der Waals surface area contributed by atoms with Crippen LogP contribution < -0.4 is 5.69 Å². The number of pyridine rings is 1. The Bertz CT molecular complexity index is 933. The number of hydrogen-bond donors (Lipinski definition) is 1. The topological polar surface area (TPSA) is 65.6 Å². The van der Waals surface area contributed by atoms with Crippen molar-refractivity contribution < 1.29 is 0 Å². The van der Waals surface area contributed by atoms with E-state index in [0.29, 0.717) is 30.0 Å². The van der Waals surface area contributed by atoms with E-state index >= 15 is 0 Å². The smallest absolute Gasteiger partial charge is 0.271 e. The number of fused-ring (bicyclic) bond motifs is 1. The van der Waals surface area contributed by atoms with Gasteiger partial charge in [0, 0.05) is 18.3 Å². The summed E-state index contributed by atoms with van der Waals surface area (Å²) < 4.78 is 2.76. The highest BCUT2D eigenvalue weighted by atomic mass is 35.5. The molecule has 0 saturated heterocycles. The maximum atomic E-state index is 12.5. The van der Waals surface area contributed by atoms with Crippen molar-refractivity contribution in [3.05, 3.63) is 51.0 Å². The first-order valence-corrected chi connectivity index (χ1v) is 8.07. The molecule has 3 heterocycles. The first-order valence-electron chi connectivity index (χ1n) is 7.29. The molecule has 23 heavy (non-hydrogen) atoms. The summed E-state index contributed by atoms with van der Waals surface area (Å²) >= 11 is 10.5. The Morgan fingerprint density at radius 3 is 2.83 bits per heavy atom. The van der Waals surface area contributed by atoms with Gasteiger partial charge in [0.05, 0.1) is 6.54 Å². The summed E-state index contributed by atoms with van der Waals surface area (Å²) in [6.45, 7) is 4.33. The van der Waals surface area contributed by atoms with Crippen LogP contribution in [0.3, 0.4) is 0 Å².